The first-order valence-corrected chi connectivity index (χ1v) is 7.35. The van der Waals surface area contributed by atoms with Gasteiger partial charge >= 0.3 is 5.97 Å². The second kappa shape index (κ2) is 6.56. The summed E-state index contributed by atoms with van der Waals surface area (Å²) in [5.41, 5.74) is 0.102. The van der Waals surface area contributed by atoms with E-state index in [-0.39, 0.29) is 35.6 Å². The third kappa shape index (κ3) is 2.93. The van der Waals surface area contributed by atoms with Crippen LogP contribution in [0.4, 0.5) is 0 Å². The van der Waals surface area contributed by atoms with Gasteiger partial charge in [-0.2, -0.15) is 0 Å². The van der Waals surface area contributed by atoms with E-state index in [1.54, 1.807) is 13.8 Å². The van der Waals surface area contributed by atoms with E-state index in [1.807, 2.05) is 6.92 Å². The molecule has 0 N–H and O–H groups in total. The molecule has 0 saturated carbocycles. The Labute approximate surface area is 127 Å². The molecule has 1 aromatic carbocycles. The topological polar surface area (TPSA) is 73.6 Å². The molecule has 0 amide bonds. The first-order chi connectivity index (χ1) is 10.5. The number of carbonyl (C=O) groups is 2. The number of carbonyl (C=O) groups excluding carboxylic acids is 2. The van der Waals surface area contributed by atoms with Crippen LogP contribution in [-0.4, -0.2) is 11.8 Å². The van der Waals surface area contributed by atoms with Crippen LogP contribution in [0.25, 0.3) is 11.0 Å². The van der Waals surface area contributed by atoms with Crippen molar-refractivity contribution < 1.29 is 18.7 Å². The zero-order chi connectivity index (χ0) is 16.3. The van der Waals surface area contributed by atoms with Gasteiger partial charge in [0.05, 0.1) is 5.39 Å². The average Bonchev–Trinajstić information content (AvgIpc) is 2.53. The van der Waals surface area contributed by atoms with Crippen molar-refractivity contribution in [2.75, 3.05) is 0 Å². The number of benzene rings is 1. The molecule has 22 heavy (non-hydrogen) atoms. The monoisotopic (exact) mass is 302 g/mol. The van der Waals surface area contributed by atoms with Gasteiger partial charge in [-0.15, -0.1) is 0 Å². The number of rotatable bonds is 5. The lowest BCUT2D eigenvalue weighted by molar-refractivity contribution is -0.134. The quantitative estimate of drug-likeness (QED) is 0.481. The van der Waals surface area contributed by atoms with E-state index < -0.39 is 0 Å². The summed E-state index contributed by atoms with van der Waals surface area (Å²) >= 11 is 0. The van der Waals surface area contributed by atoms with Crippen LogP contribution < -0.4 is 10.2 Å². The molecular formula is C17H18O5. The first kappa shape index (κ1) is 15.9. The molecule has 0 aliphatic rings. The molecule has 0 bridgehead atoms. The van der Waals surface area contributed by atoms with Crippen molar-refractivity contribution in [3.05, 3.63) is 39.7 Å². The summed E-state index contributed by atoms with van der Waals surface area (Å²) in [5, 5.41) is 0.310. The average molecular weight is 302 g/mol. The lowest BCUT2D eigenvalue weighted by Crippen LogP contribution is -2.18. The SMILES string of the molecule is CCC(=O)Oc1ccc2c(=O)c(C(=O)CC)c(CC)oc2c1. The lowest BCUT2D eigenvalue weighted by atomic mass is 10.0. The highest BCUT2D eigenvalue weighted by Crippen LogP contribution is 2.22. The highest BCUT2D eigenvalue weighted by molar-refractivity contribution is 5.99. The van der Waals surface area contributed by atoms with Gasteiger partial charge in [0.1, 0.15) is 22.7 Å². The minimum absolute atomic E-state index is 0.121. The molecule has 0 fully saturated rings. The Hall–Kier alpha value is -2.43. The van der Waals surface area contributed by atoms with Crippen LogP contribution in [0.1, 0.15) is 49.7 Å². The molecule has 1 aromatic heterocycles. The van der Waals surface area contributed by atoms with Crippen LogP contribution in [-0.2, 0) is 11.2 Å². The van der Waals surface area contributed by atoms with Gasteiger partial charge in [-0.3, -0.25) is 14.4 Å². The summed E-state index contributed by atoms with van der Waals surface area (Å²) in [6.07, 6.45) is 0.937. The van der Waals surface area contributed by atoms with Crippen LogP contribution in [0.3, 0.4) is 0 Å². The maximum Gasteiger partial charge on any atom is 0.310 e. The van der Waals surface area contributed by atoms with E-state index in [4.69, 9.17) is 9.15 Å². The summed E-state index contributed by atoms with van der Waals surface area (Å²) in [6.45, 7) is 5.22. The van der Waals surface area contributed by atoms with Crippen molar-refractivity contribution in [1.29, 1.82) is 0 Å². The smallest absolute Gasteiger partial charge is 0.310 e. The number of esters is 1. The molecule has 5 heteroatoms. The zero-order valence-corrected chi connectivity index (χ0v) is 12.9. The first-order valence-electron chi connectivity index (χ1n) is 7.35. The van der Waals surface area contributed by atoms with E-state index in [2.05, 4.69) is 0 Å². The molecule has 0 aliphatic heterocycles. The van der Waals surface area contributed by atoms with Gasteiger partial charge in [-0.25, -0.2) is 0 Å². The summed E-state index contributed by atoms with van der Waals surface area (Å²) < 4.78 is 10.8. The number of aryl methyl sites for hydroxylation is 1. The Kier molecular flexibility index (Phi) is 4.75. The Bertz CT molecular complexity index is 785. The molecule has 1 heterocycles. The van der Waals surface area contributed by atoms with Crippen LogP contribution in [0, 0.1) is 0 Å². The van der Waals surface area contributed by atoms with Crippen molar-refractivity contribution in [1.82, 2.24) is 0 Å². The second-order valence-electron chi connectivity index (χ2n) is 4.85. The van der Waals surface area contributed by atoms with E-state index >= 15 is 0 Å². The number of ether oxygens (including phenoxy) is 1. The molecule has 116 valence electrons. The summed E-state index contributed by atoms with van der Waals surface area (Å²) in [7, 11) is 0. The van der Waals surface area contributed by atoms with E-state index in [1.165, 1.54) is 18.2 Å². The highest BCUT2D eigenvalue weighted by Gasteiger charge is 2.19. The van der Waals surface area contributed by atoms with E-state index in [0.29, 0.717) is 28.9 Å². The summed E-state index contributed by atoms with van der Waals surface area (Å²) in [5.74, 6) is 0.0895. The number of ketones is 1. The van der Waals surface area contributed by atoms with Gasteiger partial charge in [0, 0.05) is 25.3 Å². The number of hydrogen-bond acceptors (Lipinski definition) is 5. The molecule has 2 aromatic rings. The molecule has 0 aliphatic carbocycles. The molecular weight excluding hydrogens is 284 g/mol. The number of hydrogen-bond donors (Lipinski definition) is 0. The predicted octanol–water partition coefficient (Wildman–Crippen LogP) is 3.26. The molecule has 5 nitrogen and oxygen atoms in total. The highest BCUT2D eigenvalue weighted by atomic mass is 16.5. The van der Waals surface area contributed by atoms with Gasteiger partial charge in [0.2, 0.25) is 5.43 Å². The van der Waals surface area contributed by atoms with Crippen LogP contribution >= 0.6 is 0 Å². The standard InChI is InChI=1S/C17H18O5/c1-4-12(18)16-13(5-2)22-14-9-10(21-15(19)6-3)7-8-11(14)17(16)20/h7-9H,4-6H2,1-3H3. The van der Waals surface area contributed by atoms with Gasteiger partial charge in [-0.05, 0) is 12.1 Å². The molecule has 0 atom stereocenters. The number of Topliss-reactive ketones (excluding diaryl/α,β-unsaturated/α-hetero) is 1. The fraction of sp³-hybridized carbons (Fsp3) is 0.353. The van der Waals surface area contributed by atoms with Crippen molar-refractivity contribution in [2.45, 2.75) is 40.0 Å². The minimum atomic E-state index is -0.366. The van der Waals surface area contributed by atoms with E-state index in [0.717, 1.165) is 0 Å². The normalized spacial score (nSPS) is 10.7. The molecule has 0 spiro atoms. The predicted molar refractivity (Wildman–Crippen MR) is 82.4 cm³/mol. The Morgan fingerprint density at radius 1 is 1.14 bits per heavy atom. The van der Waals surface area contributed by atoms with Crippen molar-refractivity contribution >= 4 is 22.7 Å². The van der Waals surface area contributed by atoms with E-state index in [9.17, 15) is 14.4 Å². The van der Waals surface area contributed by atoms with Crippen LogP contribution in [0.15, 0.2) is 27.4 Å². The largest absolute Gasteiger partial charge is 0.460 e. The van der Waals surface area contributed by atoms with Crippen molar-refractivity contribution in [3.63, 3.8) is 0 Å². The Balaban J connectivity index is 2.63. The molecule has 2 rings (SSSR count). The maximum atomic E-state index is 12.5. The Morgan fingerprint density at radius 3 is 2.45 bits per heavy atom. The third-order valence-electron chi connectivity index (χ3n) is 3.38. The molecule has 0 unspecified atom stereocenters. The van der Waals surface area contributed by atoms with Crippen molar-refractivity contribution in [2.24, 2.45) is 0 Å². The summed E-state index contributed by atoms with van der Waals surface area (Å²) in [6, 6.07) is 4.55. The minimum Gasteiger partial charge on any atom is -0.460 e. The van der Waals surface area contributed by atoms with Crippen LogP contribution in [0.2, 0.25) is 0 Å². The Morgan fingerprint density at radius 2 is 1.86 bits per heavy atom. The van der Waals surface area contributed by atoms with Crippen LogP contribution in [0.5, 0.6) is 5.75 Å². The fourth-order valence-corrected chi connectivity index (χ4v) is 2.19. The van der Waals surface area contributed by atoms with Gasteiger partial charge in [0.25, 0.3) is 0 Å². The third-order valence-corrected chi connectivity index (χ3v) is 3.38. The summed E-state index contributed by atoms with van der Waals surface area (Å²) in [4.78, 5) is 35.8. The molecule has 0 saturated heterocycles. The fourth-order valence-electron chi connectivity index (χ4n) is 2.19. The van der Waals surface area contributed by atoms with Gasteiger partial charge in [0.15, 0.2) is 5.78 Å². The second-order valence-corrected chi connectivity index (χ2v) is 4.85. The number of fused-ring (bicyclic) bond motifs is 1. The zero-order valence-electron chi connectivity index (χ0n) is 12.9. The molecule has 0 radical (unpaired) electrons. The maximum absolute atomic E-state index is 12.5. The van der Waals surface area contributed by atoms with Gasteiger partial charge in [-0.1, -0.05) is 20.8 Å². The van der Waals surface area contributed by atoms with Crippen molar-refractivity contribution in [3.8, 4) is 5.75 Å². The van der Waals surface area contributed by atoms with Gasteiger partial charge < -0.3 is 9.15 Å². The lowest BCUT2D eigenvalue weighted by Gasteiger charge is -2.08.